The highest BCUT2D eigenvalue weighted by Crippen LogP contribution is 2.17. The third-order valence-electron chi connectivity index (χ3n) is 3.66. The van der Waals surface area contributed by atoms with Gasteiger partial charge < -0.3 is 14.2 Å². The first-order valence-corrected chi connectivity index (χ1v) is 8.40. The first kappa shape index (κ1) is 19.1. The quantitative estimate of drug-likeness (QED) is 0.665. The topological polar surface area (TPSA) is 82.6 Å². The van der Waals surface area contributed by atoms with Crippen molar-refractivity contribution < 1.29 is 23.4 Å². The number of methoxy groups -OCH3 is 1. The molecule has 1 amide bonds. The van der Waals surface area contributed by atoms with E-state index < -0.39 is 11.9 Å². The highest BCUT2D eigenvalue weighted by molar-refractivity contribution is 5.83. The number of ether oxygens (including phenoxy) is 3. The Morgan fingerprint density at radius 3 is 2.64 bits per heavy atom. The number of nitrogens with zero attached hydrogens (tertiary/aromatic N) is 2. The van der Waals surface area contributed by atoms with Crippen molar-refractivity contribution in [3.05, 3.63) is 77.7 Å². The van der Waals surface area contributed by atoms with Crippen LogP contribution in [0, 0.1) is 5.82 Å². The predicted octanol–water partition coefficient (Wildman–Crippen LogP) is 3.95. The minimum absolute atomic E-state index is 0.0541. The SMILES string of the molecule is COc1cccc(COc2ncc(F)c(NC(=O)OCc3ccccc3)n2)c1. The van der Waals surface area contributed by atoms with Crippen LogP contribution < -0.4 is 14.8 Å². The van der Waals surface area contributed by atoms with E-state index in [0.29, 0.717) is 5.75 Å². The average Bonchev–Trinajstić information content (AvgIpc) is 2.73. The minimum Gasteiger partial charge on any atom is -0.497 e. The molecule has 0 unspecified atom stereocenters. The molecule has 0 fully saturated rings. The van der Waals surface area contributed by atoms with Crippen LogP contribution in [0.4, 0.5) is 15.0 Å². The number of aromatic nitrogens is 2. The summed E-state index contributed by atoms with van der Waals surface area (Å²) < 4.78 is 29.5. The first-order valence-electron chi connectivity index (χ1n) is 8.40. The van der Waals surface area contributed by atoms with Gasteiger partial charge in [-0.05, 0) is 23.3 Å². The Balaban J connectivity index is 1.58. The fourth-order valence-corrected chi connectivity index (χ4v) is 2.27. The Morgan fingerprint density at radius 1 is 1.07 bits per heavy atom. The molecule has 0 aliphatic carbocycles. The summed E-state index contributed by atoms with van der Waals surface area (Å²) in [7, 11) is 1.57. The zero-order valence-corrected chi connectivity index (χ0v) is 15.1. The van der Waals surface area contributed by atoms with Crippen LogP contribution in [0.15, 0.2) is 60.8 Å². The number of amides is 1. The van der Waals surface area contributed by atoms with Crippen molar-refractivity contribution in [2.45, 2.75) is 13.2 Å². The molecule has 28 heavy (non-hydrogen) atoms. The van der Waals surface area contributed by atoms with Gasteiger partial charge in [0.2, 0.25) is 0 Å². The van der Waals surface area contributed by atoms with E-state index >= 15 is 0 Å². The van der Waals surface area contributed by atoms with Gasteiger partial charge in [0.25, 0.3) is 0 Å². The number of nitrogens with one attached hydrogen (secondary N) is 1. The minimum atomic E-state index is -0.833. The monoisotopic (exact) mass is 383 g/mol. The van der Waals surface area contributed by atoms with E-state index in [9.17, 15) is 9.18 Å². The lowest BCUT2D eigenvalue weighted by atomic mass is 10.2. The molecule has 144 valence electrons. The lowest BCUT2D eigenvalue weighted by Gasteiger charge is -2.09. The van der Waals surface area contributed by atoms with E-state index in [2.05, 4.69) is 15.3 Å². The molecule has 1 N–H and O–H groups in total. The molecule has 0 spiro atoms. The number of halogens is 1. The zero-order valence-electron chi connectivity index (χ0n) is 15.1. The van der Waals surface area contributed by atoms with Crippen molar-refractivity contribution in [1.82, 2.24) is 9.97 Å². The van der Waals surface area contributed by atoms with Crippen molar-refractivity contribution in [1.29, 1.82) is 0 Å². The molecule has 0 aliphatic heterocycles. The van der Waals surface area contributed by atoms with Gasteiger partial charge in [0, 0.05) is 0 Å². The normalized spacial score (nSPS) is 10.2. The van der Waals surface area contributed by atoms with E-state index in [-0.39, 0.29) is 25.0 Å². The summed E-state index contributed by atoms with van der Waals surface area (Å²) in [4.78, 5) is 19.5. The summed E-state index contributed by atoms with van der Waals surface area (Å²) in [6.45, 7) is 0.208. The number of carbonyl (C=O) groups excluding carboxylic acids is 1. The number of carbonyl (C=O) groups is 1. The van der Waals surface area contributed by atoms with Gasteiger partial charge in [-0.3, -0.25) is 5.32 Å². The molecule has 0 saturated carbocycles. The van der Waals surface area contributed by atoms with Crippen molar-refractivity contribution in [2.24, 2.45) is 0 Å². The number of anilines is 1. The molecule has 0 bridgehead atoms. The second kappa shape index (κ2) is 9.31. The molecule has 2 aromatic carbocycles. The van der Waals surface area contributed by atoms with E-state index in [4.69, 9.17) is 14.2 Å². The Hall–Kier alpha value is -3.68. The van der Waals surface area contributed by atoms with E-state index in [1.807, 2.05) is 42.5 Å². The molecule has 7 nitrogen and oxygen atoms in total. The maximum absolute atomic E-state index is 13.9. The van der Waals surface area contributed by atoms with Crippen LogP contribution in [0.1, 0.15) is 11.1 Å². The fraction of sp³-hybridized carbons (Fsp3) is 0.150. The standard InChI is InChI=1S/C20H18FN3O4/c1-26-16-9-5-8-15(10-16)13-27-19-22-11-17(21)18(23-19)24-20(25)28-12-14-6-3-2-4-7-14/h2-11H,12-13H2,1H3,(H,22,23,24,25). The highest BCUT2D eigenvalue weighted by atomic mass is 19.1. The van der Waals surface area contributed by atoms with Gasteiger partial charge in [-0.25, -0.2) is 14.2 Å². The van der Waals surface area contributed by atoms with Crippen molar-refractivity contribution >= 4 is 11.9 Å². The van der Waals surface area contributed by atoms with Gasteiger partial charge in [-0.2, -0.15) is 4.98 Å². The molecule has 0 radical (unpaired) electrons. The summed E-state index contributed by atoms with van der Waals surface area (Å²) in [5.41, 5.74) is 1.63. The molecule has 1 heterocycles. The summed E-state index contributed by atoms with van der Waals surface area (Å²) in [6, 6.07) is 16.3. The zero-order chi connectivity index (χ0) is 19.8. The second-order valence-corrected chi connectivity index (χ2v) is 5.68. The van der Waals surface area contributed by atoms with Crippen LogP contribution in [0.25, 0.3) is 0 Å². The van der Waals surface area contributed by atoms with Crippen molar-refractivity contribution in [3.63, 3.8) is 0 Å². The van der Waals surface area contributed by atoms with Gasteiger partial charge >= 0.3 is 12.1 Å². The Labute approximate surface area is 161 Å². The predicted molar refractivity (Wildman–Crippen MR) is 99.6 cm³/mol. The third-order valence-corrected chi connectivity index (χ3v) is 3.66. The second-order valence-electron chi connectivity index (χ2n) is 5.68. The van der Waals surface area contributed by atoms with Gasteiger partial charge in [-0.1, -0.05) is 42.5 Å². The molecule has 0 atom stereocenters. The van der Waals surface area contributed by atoms with Crippen molar-refractivity contribution in [2.75, 3.05) is 12.4 Å². The van der Waals surface area contributed by atoms with Crippen molar-refractivity contribution in [3.8, 4) is 11.8 Å². The van der Waals surface area contributed by atoms with Gasteiger partial charge in [0.1, 0.15) is 19.0 Å². The van der Waals surface area contributed by atoms with Gasteiger partial charge in [-0.15, -0.1) is 0 Å². The third kappa shape index (κ3) is 5.41. The van der Waals surface area contributed by atoms with Crippen LogP contribution >= 0.6 is 0 Å². The Morgan fingerprint density at radius 2 is 1.86 bits per heavy atom. The molecule has 3 rings (SSSR count). The largest absolute Gasteiger partial charge is 0.497 e. The summed E-state index contributed by atoms with van der Waals surface area (Å²) in [5, 5.41) is 2.25. The van der Waals surface area contributed by atoms with Crippen LogP contribution in [0.2, 0.25) is 0 Å². The molecule has 0 aliphatic rings. The molecule has 8 heteroatoms. The molecule has 0 saturated heterocycles. The molecule has 1 aromatic heterocycles. The average molecular weight is 383 g/mol. The van der Waals surface area contributed by atoms with Gasteiger partial charge in [0.05, 0.1) is 13.3 Å². The fourth-order valence-electron chi connectivity index (χ4n) is 2.27. The van der Waals surface area contributed by atoms with Crippen LogP contribution in [0.5, 0.6) is 11.8 Å². The molecule has 3 aromatic rings. The van der Waals surface area contributed by atoms with E-state index in [1.165, 1.54) is 0 Å². The van der Waals surface area contributed by atoms with E-state index in [1.54, 1.807) is 19.2 Å². The number of benzene rings is 2. The maximum Gasteiger partial charge on any atom is 0.413 e. The summed E-state index contributed by atoms with van der Waals surface area (Å²) in [6.07, 6.45) is 0.0842. The van der Waals surface area contributed by atoms with Crippen LogP contribution in [0.3, 0.4) is 0 Å². The van der Waals surface area contributed by atoms with Crippen LogP contribution in [-0.2, 0) is 18.0 Å². The van der Waals surface area contributed by atoms with Crippen LogP contribution in [-0.4, -0.2) is 23.2 Å². The Kier molecular flexibility index (Phi) is 6.35. The summed E-state index contributed by atoms with van der Waals surface area (Å²) >= 11 is 0. The Bertz CT molecular complexity index is 938. The first-order chi connectivity index (χ1) is 13.6. The molecular weight excluding hydrogens is 365 g/mol. The number of hydrogen-bond donors (Lipinski definition) is 1. The molecular formula is C20H18FN3O4. The van der Waals surface area contributed by atoms with Gasteiger partial charge in [0.15, 0.2) is 11.6 Å². The maximum atomic E-state index is 13.9. The lowest BCUT2D eigenvalue weighted by molar-refractivity contribution is 0.155. The highest BCUT2D eigenvalue weighted by Gasteiger charge is 2.12. The lowest BCUT2D eigenvalue weighted by Crippen LogP contribution is -2.16. The summed E-state index contributed by atoms with van der Waals surface area (Å²) in [5.74, 6) is -0.441. The van der Waals surface area contributed by atoms with E-state index in [0.717, 1.165) is 17.3 Å². The number of hydrogen-bond acceptors (Lipinski definition) is 6. The number of rotatable bonds is 7. The smallest absolute Gasteiger partial charge is 0.413 e.